The number of fused-ring (bicyclic) bond motifs is 2. The molecule has 2 nitrogen and oxygen atoms in total. The van der Waals surface area contributed by atoms with Crippen LogP contribution in [0.25, 0.3) is 0 Å². The van der Waals surface area contributed by atoms with Crippen LogP contribution in [0.4, 0.5) is 0 Å². The van der Waals surface area contributed by atoms with Crippen LogP contribution >= 0.6 is 0 Å². The highest BCUT2D eigenvalue weighted by molar-refractivity contribution is 5.67. The summed E-state index contributed by atoms with van der Waals surface area (Å²) in [6.45, 7) is 7.51. The first-order valence-electron chi connectivity index (χ1n) is 8.56. The lowest BCUT2D eigenvalue weighted by Crippen LogP contribution is -2.40. The van der Waals surface area contributed by atoms with Crippen LogP contribution < -0.4 is 0 Å². The number of hydrogen-bond donors (Lipinski definition) is 0. The maximum absolute atomic E-state index is 5.81. The number of ether oxygens (including phenoxy) is 1. The normalized spacial score (nSPS) is 26.4. The Hall–Kier alpha value is -1.89. The molecule has 2 unspecified atom stereocenters. The molecule has 0 aromatic heterocycles. The Kier molecular flexibility index (Phi) is 4.66. The Labute approximate surface area is 139 Å². The Balaban J connectivity index is 2.19. The number of allylic oxidation sites excluding steroid dienone is 7. The summed E-state index contributed by atoms with van der Waals surface area (Å²) in [5, 5.41) is 0. The fourth-order valence-electron chi connectivity index (χ4n) is 3.68. The molecule has 0 bridgehead atoms. The molecule has 2 atom stereocenters. The lowest BCUT2D eigenvalue weighted by Gasteiger charge is -2.32. The summed E-state index contributed by atoms with van der Waals surface area (Å²) in [6, 6.07) is 0.250. The maximum atomic E-state index is 5.81. The first kappa shape index (κ1) is 16.0. The molecule has 1 aliphatic heterocycles. The highest BCUT2D eigenvalue weighted by Gasteiger charge is 2.40. The summed E-state index contributed by atoms with van der Waals surface area (Å²) < 4.78 is 8.17. The summed E-state index contributed by atoms with van der Waals surface area (Å²) in [7, 11) is 1.82. The Morgan fingerprint density at radius 2 is 2.22 bits per heavy atom. The van der Waals surface area contributed by atoms with Crippen LogP contribution in [-0.4, -0.2) is 36.2 Å². The SMILES string of the molecule is CC=C(C)C1=C2C=CC3=C(C(OC)CC=C3)C2[N+](CCC)=C=C1. The van der Waals surface area contributed by atoms with Crippen molar-refractivity contribution in [2.75, 3.05) is 13.7 Å². The van der Waals surface area contributed by atoms with Crippen molar-refractivity contribution in [1.29, 1.82) is 0 Å². The third kappa shape index (κ3) is 2.73. The molecule has 0 fully saturated rings. The van der Waals surface area contributed by atoms with E-state index in [1.165, 1.54) is 27.9 Å². The minimum absolute atomic E-state index is 0.159. The van der Waals surface area contributed by atoms with Crippen molar-refractivity contribution >= 4 is 5.87 Å². The summed E-state index contributed by atoms with van der Waals surface area (Å²) >= 11 is 0. The molecule has 0 saturated heterocycles. The van der Waals surface area contributed by atoms with E-state index in [4.69, 9.17) is 4.74 Å². The van der Waals surface area contributed by atoms with Gasteiger partial charge in [0.1, 0.15) is 0 Å². The van der Waals surface area contributed by atoms with Crippen LogP contribution in [0.1, 0.15) is 33.6 Å². The average molecular weight is 308 g/mol. The van der Waals surface area contributed by atoms with E-state index in [0.29, 0.717) is 0 Å². The van der Waals surface area contributed by atoms with Gasteiger partial charge in [-0.25, -0.2) is 0 Å². The Morgan fingerprint density at radius 3 is 2.91 bits per heavy atom. The van der Waals surface area contributed by atoms with Crippen molar-refractivity contribution in [1.82, 2.24) is 0 Å². The van der Waals surface area contributed by atoms with Gasteiger partial charge in [-0.15, -0.1) is 0 Å². The van der Waals surface area contributed by atoms with E-state index in [1.807, 2.05) is 7.11 Å². The zero-order valence-corrected chi connectivity index (χ0v) is 14.6. The van der Waals surface area contributed by atoms with Crippen LogP contribution in [0.2, 0.25) is 0 Å². The molecule has 0 amide bonds. The fraction of sp³-hybridized carbons (Fsp3) is 0.429. The van der Waals surface area contributed by atoms with Crippen molar-refractivity contribution in [3.05, 3.63) is 64.3 Å². The number of methoxy groups -OCH3 is 1. The maximum Gasteiger partial charge on any atom is 0.212 e. The molecule has 0 aromatic rings. The smallest absolute Gasteiger partial charge is 0.212 e. The topological polar surface area (TPSA) is 12.2 Å². The molecular formula is C21H26NO+. The van der Waals surface area contributed by atoms with Crippen LogP contribution in [0.5, 0.6) is 0 Å². The van der Waals surface area contributed by atoms with Gasteiger partial charge in [-0.05, 0) is 31.4 Å². The molecule has 0 saturated carbocycles. The largest absolute Gasteiger partial charge is 0.376 e. The first-order chi connectivity index (χ1) is 11.2. The standard InChI is InChI=1S/C21H26NO/c1-5-13-22-14-12-17(15(3)6-2)18-11-10-16-8-7-9-19(23-4)20(16)21(18)22/h6-8,10-12,19,21H,5,9,13H2,1-4H3/q+1. The highest BCUT2D eigenvalue weighted by atomic mass is 16.5. The van der Waals surface area contributed by atoms with E-state index < -0.39 is 0 Å². The summed E-state index contributed by atoms with van der Waals surface area (Å²) in [6.07, 6.45) is 15.5. The van der Waals surface area contributed by atoms with Gasteiger partial charge >= 0.3 is 0 Å². The Morgan fingerprint density at radius 1 is 1.39 bits per heavy atom. The molecule has 3 aliphatic rings. The van der Waals surface area contributed by atoms with Gasteiger partial charge < -0.3 is 4.74 Å². The van der Waals surface area contributed by atoms with Gasteiger partial charge in [-0.3, -0.25) is 0 Å². The van der Waals surface area contributed by atoms with E-state index in [-0.39, 0.29) is 12.1 Å². The number of rotatable bonds is 4. The van der Waals surface area contributed by atoms with Gasteiger partial charge in [0.2, 0.25) is 6.04 Å². The zero-order valence-electron chi connectivity index (χ0n) is 14.6. The molecule has 1 heterocycles. The molecule has 23 heavy (non-hydrogen) atoms. The lowest BCUT2D eigenvalue weighted by atomic mass is 9.78. The molecule has 0 aromatic carbocycles. The molecule has 0 N–H and O–H groups in total. The van der Waals surface area contributed by atoms with Gasteiger partial charge in [-0.2, -0.15) is 4.58 Å². The molecule has 0 radical (unpaired) electrons. The van der Waals surface area contributed by atoms with Gasteiger partial charge in [0.05, 0.1) is 12.2 Å². The van der Waals surface area contributed by atoms with Gasteiger partial charge in [0.25, 0.3) is 0 Å². The van der Waals surface area contributed by atoms with Crippen LogP contribution in [0, 0.1) is 0 Å². The minimum atomic E-state index is 0.159. The van der Waals surface area contributed by atoms with Crippen molar-refractivity contribution in [3.63, 3.8) is 0 Å². The molecule has 120 valence electrons. The van der Waals surface area contributed by atoms with Gasteiger partial charge in [0, 0.05) is 30.2 Å². The number of hydrogen-bond acceptors (Lipinski definition) is 1. The third-order valence-corrected chi connectivity index (χ3v) is 4.96. The van der Waals surface area contributed by atoms with E-state index in [2.05, 4.69) is 67.7 Å². The molecule has 2 aliphatic carbocycles. The second-order valence-electron chi connectivity index (χ2n) is 6.32. The third-order valence-electron chi connectivity index (χ3n) is 4.96. The monoisotopic (exact) mass is 308 g/mol. The molecule has 0 spiro atoms. The predicted octanol–water partition coefficient (Wildman–Crippen LogP) is 4.12. The highest BCUT2D eigenvalue weighted by Crippen LogP contribution is 2.37. The predicted molar refractivity (Wildman–Crippen MR) is 96.0 cm³/mol. The first-order valence-corrected chi connectivity index (χ1v) is 8.56. The van der Waals surface area contributed by atoms with Crippen molar-refractivity contribution in [2.45, 2.75) is 45.8 Å². The van der Waals surface area contributed by atoms with Crippen LogP contribution in [-0.2, 0) is 4.74 Å². The Bertz CT molecular complexity index is 721. The van der Waals surface area contributed by atoms with Crippen molar-refractivity contribution in [3.8, 4) is 0 Å². The second-order valence-corrected chi connectivity index (χ2v) is 6.32. The lowest BCUT2D eigenvalue weighted by molar-refractivity contribution is -0.543. The fourth-order valence-corrected chi connectivity index (χ4v) is 3.68. The van der Waals surface area contributed by atoms with E-state index >= 15 is 0 Å². The van der Waals surface area contributed by atoms with E-state index in [1.54, 1.807) is 0 Å². The molecule has 2 heteroatoms. The van der Waals surface area contributed by atoms with E-state index in [0.717, 1.165) is 19.4 Å². The van der Waals surface area contributed by atoms with E-state index in [9.17, 15) is 0 Å². The van der Waals surface area contributed by atoms with Crippen LogP contribution in [0.3, 0.4) is 0 Å². The zero-order chi connectivity index (χ0) is 16.4. The second kappa shape index (κ2) is 6.70. The molecule has 3 rings (SSSR count). The average Bonchev–Trinajstić information content (AvgIpc) is 2.60. The van der Waals surface area contributed by atoms with Gasteiger partial charge in [0.15, 0.2) is 12.4 Å². The summed E-state index contributed by atoms with van der Waals surface area (Å²) in [5.74, 6) is 3.52. The number of nitrogens with zero attached hydrogens (tertiary/aromatic N) is 1. The minimum Gasteiger partial charge on any atom is -0.376 e. The van der Waals surface area contributed by atoms with Crippen LogP contribution in [0.15, 0.2) is 64.3 Å². The summed E-state index contributed by atoms with van der Waals surface area (Å²) in [5.41, 5.74) is 6.69. The quantitative estimate of drug-likeness (QED) is 0.712. The molecular weight excluding hydrogens is 282 g/mol. The van der Waals surface area contributed by atoms with Crippen molar-refractivity contribution in [2.24, 2.45) is 0 Å². The van der Waals surface area contributed by atoms with Crippen molar-refractivity contribution < 1.29 is 9.31 Å². The summed E-state index contributed by atoms with van der Waals surface area (Å²) in [4.78, 5) is 0. The van der Waals surface area contributed by atoms with Gasteiger partial charge in [-0.1, -0.05) is 37.3 Å².